The Morgan fingerprint density at radius 1 is 1.07 bits per heavy atom. The van der Waals surface area contributed by atoms with Crippen LogP contribution in [0.4, 0.5) is 0 Å². The van der Waals surface area contributed by atoms with Crippen LogP contribution in [-0.4, -0.2) is 30.3 Å². The van der Waals surface area contributed by atoms with Crippen LogP contribution in [0.3, 0.4) is 0 Å². The average Bonchev–Trinajstić information content (AvgIpc) is 2.10. The van der Waals surface area contributed by atoms with E-state index in [1.54, 1.807) is 0 Å². The first kappa shape index (κ1) is 14.3. The maximum atomic E-state index is 4.43. The second-order valence-corrected chi connectivity index (χ2v) is 5.30. The third-order valence-corrected chi connectivity index (χ3v) is 3.21. The molecule has 0 saturated carbocycles. The standard InChI is InChI=1S/C12H27NS/c1-6-13(7-10(2)3)8-12(9-14)11(4)5/h10-12,14H,6-9H2,1-5H3. The fourth-order valence-electron chi connectivity index (χ4n) is 1.66. The summed E-state index contributed by atoms with van der Waals surface area (Å²) >= 11 is 4.43. The molecule has 0 radical (unpaired) electrons. The first-order valence-electron chi connectivity index (χ1n) is 5.84. The topological polar surface area (TPSA) is 3.24 Å². The quantitative estimate of drug-likeness (QED) is 0.641. The van der Waals surface area contributed by atoms with E-state index in [1.807, 2.05) is 0 Å². The van der Waals surface area contributed by atoms with Gasteiger partial charge in [-0.1, -0.05) is 34.6 Å². The first-order chi connectivity index (χ1) is 6.51. The predicted molar refractivity (Wildman–Crippen MR) is 69.1 cm³/mol. The van der Waals surface area contributed by atoms with Gasteiger partial charge in [0, 0.05) is 13.1 Å². The van der Waals surface area contributed by atoms with Crippen molar-refractivity contribution in [3.8, 4) is 0 Å². The molecule has 0 aliphatic heterocycles. The summed E-state index contributed by atoms with van der Waals surface area (Å²) in [6.45, 7) is 15.0. The molecule has 86 valence electrons. The Bertz CT molecular complexity index is 134. The van der Waals surface area contributed by atoms with E-state index in [1.165, 1.54) is 13.1 Å². The molecule has 1 unspecified atom stereocenters. The van der Waals surface area contributed by atoms with Crippen LogP contribution in [0.15, 0.2) is 0 Å². The van der Waals surface area contributed by atoms with Crippen LogP contribution >= 0.6 is 12.6 Å². The number of hydrogen-bond donors (Lipinski definition) is 1. The van der Waals surface area contributed by atoms with Crippen molar-refractivity contribution in [1.82, 2.24) is 4.90 Å². The maximum Gasteiger partial charge on any atom is 0.00199 e. The van der Waals surface area contributed by atoms with E-state index in [0.717, 1.165) is 30.1 Å². The van der Waals surface area contributed by atoms with Gasteiger partial charge in [0.2, 0.25) is 0 Å². The van der Waals surface area contributed by atoms with Crippen LogP contribution < -0.4 is 0 Å². The number of thiol groups is 1. The first-order valence-corrected chi connectivity index (χ1v) is 6.47. The van der Waals surface area contributed by atoms with Crippen LogP contribution in [0.1, 0.15) is 34.6 Å². The summed E-state index contributed by atoms with van der Waals surface area (Å²) in [6, 6.07) is 0. The molecule has 0 amide bonds. The van der Waals surface area contributed by atoms with Gasteiger partial charge in [0.25, 0.3) is 0 Å². The van der Waals surface area contributed by atoms with Gasteiger partial charge >= 0.3 is 0 Å². The maximum absolute atomic E-state index is 4.43. The van der Waals surface area contributed by atoms with E-state index in [-0.39, 0.29) is 0 Å². The Morgan fingerprint density at radius 2 is 1.64 bits per heavy atom. The molecular weight excluding hydrogens is 190 g/mol. The summed E-state index contributed by atoms with van der Waals surface area (Å²) in [4.78, 5) is 2.55. The molecule has 2 heteroatoms. The average molecular weight is 217 g/mol. The van der Waals surface area contributed by atoms with E-state index in [4.69, 9.17) is 0 Å². The van der Waals surface area contributed by atoms with Crippen molar-refractivity contribution in [2.45, 2.75) is 34.6 Å². The molecule has 0 aromatic rings. The van der Waals surface area contributed by atoms with Crippen LogP contribution in [-0.2, 0) is 0 Å². The number of nitrogens with zero attached hydrogens (tertiary/aromatic N) is 1. The molecule has 14 heavy (non-hydrogen) atoms. The van der Waals surface area contributed by atoms with Crippen LogP contribution in [0, 0.1) is 17.8 Å². The van der Waals surface area contributed by atoms with Gasteiger partial charge < -0.3 is 4.90 Å². The molecule has 0 saturated heterocycles. The highest BCUT2D eigenvalue weighted by molar-refractivity contribution is 7.80. The fourth-order valence-corrected chi connectivity index (χ4v) is 2.20. The zero-order valence-corrected chi connectivity index (χ0v) is 11.3. The second kappa shape index (κ2) is 7.58. The highest BCUT2D eigenvalue weighted by atomic mass is 32.1. The zero-order valence-electron chi connectivity index (χ0n) is 10.5. The highest BCUT2D eigenvalue weighted by Gasteiger charge is 2.15. The lowest BCUT2D eigenvalue weighted by atomic mass is 9.97. The Morgan fingerprint density at radius 3 is 1.93 bits per heavy atom. The molecule has 1 nitrogen and oxygen atoms in total. The minimum Gasteiger partial charge on any atom is -0.303 e. The number of hydrogen-bond acceptors (Lipinski definition) is 2. The molecule has 0 bridgehead atoms. The molecule has 0 heterocycles. The summed E-state index contributed by atoms with van der Waals surface area (Å²) in [7, 11) is 0. The van der Waals surface area contributed by atoms with Gasteiger partial charge in [-0.15, -0.1) is 0 Å². The third kappa shape index (κ3) is 5.92. The van der Waals surface area contributed by atoms with Gasteiger partial charge in [-0.05, 0) is 30.1 Å². The zero-order chi connectivity index (χ0) is 11.1. The minimum atomic E-state index is 0.733. The lowest BCUT2D eigenvalue weighted by molar-refractivity contribution is 0.203. The van der Waals surface area contributed by atoms with Gasteiger partial charge in [0.1, 0.15) is 0 Å². The van der Waals surface area contributed by atoms with E-state index < -0.39 is 0 Å². The molecule has 0 fully saturated rings. The minimum absolute atomic E-state index is 0.733. The van der Waals surface area contributed by atoms with Gasteiger partial charge in [0.05, 0.1) is 0 Å². The molecule has 0 N–H and O–H groups in total. The fraction of sp³-hybridized carbons (Fsp3) is 1.00. The van der Waals surface area contributed by atoms with Crippen molar-refractivity contribution >= 4 is 12.6 Å². The molecule has 0 aromatic carbocycles. The summed E-state index contributed by atoms with van der Waals surface area (Å²) < 4.78 is 0. The van der Waals surface area contributed by atoms with Crippen molar-refractivity contribution < 1.29 is 0 Å². The van der Waals surface area contributed by atoms with Crippen LogP contribution in [0.2, 0.25) is 0 Å². The molecule has 0 rings (SSSR count). The molecule has 0 aliphatic carbocycles. The lowest BCUT2D eigenvalue weighted by Crippen LogP contribution is -2.35. The van der Waals surface area contributed by atoms with Crippen molar-refractivity contribution in [2.24, 2.45) is 17.8 Å². The Kier molecular flexibility index (Phi) is 7.75. The summed E-state index contributed by atoms with van der Waals surface area (Å²) in [6.07, 6.45) is 0. The van der Waals surface area contributed by atoms with Gasteiger partial charge in [-0.2, -0.15) is 12.6 Å². The molecule has 0 aromatic heterocycles. The van der Waals surface area contributed by atoms with Crippen LogP contribution in [0.25, 0.3) is 0 Å². The summed E-state index contributed by atoms with van der Waals surface area (Å²) in [5, 5.41) is 0. The SMILES string of the molecule is CCN(CC(C)C)CC(CS)C(C)C. The van der Waals surface area contributed by atoms with Crippen molar-refractivity contribution in [3.63, 3.8) is 0 Å². The number of rotatable bonds is 7. The third-order valence-electron chi connectivity index (χ3n) is 2.74. The molecule has 1 atom stereocenters. The van der Waals surface area contributed by atoms with E-state index in [9.17, 15) is 0 Å². The van der Waals surface area contributed by atoms with Crippen molar-refractivity contribution in [3.05, 3.63) is 0 Å². The summed E-state index contributed by atoms with van der Waals surface area (Å²) in [5.41, 5.74) is 0. The molecule has 0 aliphatic rings. The van der Waals surface area contributed by atoms with Crippen LogP contribution in [0.5, 0.6) is 0 Å². The van der Waals surface area contributed by atoms with Gasteiger partial charge in [0.15, 0.2) is 0 Å². The van der Waals surface area contributed by atoms with Crippen molar-refractivity contribution in [1.29, 1.82) is 0 Å². The Hall–Kier alpha value is 0.310. The molecule has 0 spiro atoms. The Labute approximate surface area is 95.7 Å². The van der Waals surface area contributed by atoms with E-state index in [2.05, 4.69) is 52.1 Å². The molecular formula is C12H27NS. The van der Waals surface area contributed by atoms with E-state index >= 15 is 0 Å². The normalized spacial score (nSPS) is 14.4. The highest BCUT2D eigenvalue weighted by Crippen LogP contribution is 2.14. The second-order valence-electron chi connectivity index (χ2n) is 4.93. The van der Waals surface area contributed by atoms with Gasteiger partial charge in [-0.3, -0.25) is 0 Å². The van der Waals surface area contributed by atoms with E-state index in [0.29, 0.717) is 0 Å². The largest absolute Gasteiger partial charge is 0.303 e. The van der Waals surface area contributed by atoms with Gasteiger partial charge in [-0.25, -0.2) is 0 Å². The Balaban J connectivity index is 4.00. The lowest BCUT2D eigenvalue weighted by Gasteiger charge is -2.29. The van der Waals surface area contributed by atoms with Crippen molar-refractivity contribution in [2.75, 3.05) is 25.4 Å². The monoisotopic (exact) mass is 217 g/mol. The smallest absolute Gasteiger partial charge is 0.00199 e. The predicted octanol–water partition coefficient (Wildman–Crippen LogP) is 3.17. The summed E-state index contributed by atoms with van der Waals surface area (Å²) in [5.74, 6) is 3.25.